The van der Waals surface area contributed by atoms with E-state index in [0.29, 0.717) is 0 Å². The number of anilines is 2. The molecule has 6 heteroatoms. The molecule has 0 aliphatic rings. The maximum absolute atomic E-state index is 11.9. The van der Waals surface area contributed by atoms with Crippen LogP contribution >= 0.6 is 0 Å². The molecule has 0 aliphatic heterocycles. The number of phenolic OH excluding ortho intramolecular Hbond substituents is 3. The van der Waals surface area contributed by atoms with Crippen LogP contribution in [-0.2, 0) is 0 Å². The third kappa shape index (κ3) is 2.52. The number of carbonyl (C=O) groups excluding carboxylic acids is 1. The summed E-state index contributed by atoms with van der Waals surface area (Å²) in [6.45, 7) is 0. The number of nitrogen functional groups attached to an aromatic ring is 1. The van der Waals surface area contributed by atoms with E-state index in [-0.39, 0.29) is 34.2 Å². The summed E-state index contributed by atoms with van der Waals surface area (Å²) in [4.78, 5) is 11.9. The number of nitrogens with two attached hydrogens (primary N) is 1. The quantitative estimate of drug-likeness (QED) is 0.416. The lowest BCUT2D eigenvalue weighted by molar-refractivity contribution is 0.102. The largest absolute Gasteiger partial charge is 0.508 e. The monoisotopic (exact) mass is 260 g/mol. The van der Waals surface area contributed by atoms with E-state index in [1.165, 1.54) is 36.4 Å². The second kappa shape index (κ2) is 4.77. The Morgan fingerprint density at radius 1 is 1.05 bits per heavy atom. The second-order valence-corrected chi connectivity index (χ2v) is 3.90. The van der Waals surface area contributed by atoms with Gasteiger partial charge in [0.15, 0.2) is 0 Å². The van der Waals surface area contributed by atoms with Crippen LogP contribution in [0.3, 0.4) is 0 Å². The number of rotatable bonds is 2. The molecule has 2 aromatic rings. The highest BCUT2D eigenvalue weighted by Crippen LogP contribution is 2.29. The fraction of sp³-hybridized carbons (Fsp3) is 0. The average molecular weight is 260 g/mol. The molecule has 2 aromatic carbocycles. The van der Waals surface area contributed by atoms with Crippen LogP contribution in [-0.4, -0.2) is 21.2 Å². The highest BCUT2D eigenvalue weighted by molar-refractivity contribution is 6.09. The minimum atomic E-state index is -0.701. The van der Waals surface area contributed by atoms with Crippen molar-refractivity contribution in [1.82, 2.24) is 0 Å². The zero-order chi connectivity index (χ0) is 14.0. The first-order chi connectivity index (χ1) is 8.99. The fourth-order valence-corrected chi connectivity index (χ4v) is 1.61. The van der Waals surface area contributed by atoms with E-state index >= 15 is 0 Å². The molecule has 0 aliphatic carbocycles. The van der Waals surface area contributed by atoms with Crippen molar-refractivity contribution in [3.05, 3.63) is 42.0 Å². The standard InChI is InChI=1S/C13H12N2O4/c14-8-6-7(16)4-5-9(8)15-13(19)12-10(17)2-1-3-11(12)18/h1-6,16-18H,14H2,(H,15,19). The van der Waals surface area contributed by atoms with E-state index < -0.39 is 5.91 Å². The van der Waals surface area contributed by atoms with Crippen molar-refractivity contribution >= 4 is 17.3 Å². The zero-order valence-electron chi connectivity index (χ0n) is 9.79. The minimum absolute atomic E-state index is 0.0269. The Morgan fingerprint density at radius 2 is 1.68 bits per heavy atom. The van der Waals surface area contributed by atoms with Gasteiger partial charge in [-0.2, -0.15) is 0 Å². The number of hydrogen-bond donors (Lipinski definition) is 5. The third-order valence-electron chi connectivity index (χ3n) is 2.53. The van der Waals surface area contributed by atoms with E-state index in [9.17, 15) is 20.1 Å². The van der Waals surface area contributed by atoms with E-state index in [1.54, 1.807) is 0 Å². The van der Waals surface area contributed by atoms with Crippen LogP contribution in [0.15, 0.2) is 36.4 Å². The van der Waals surface area contributed by atoms with Crippen molar-refractivity contribution in [2.24, 2.45) is 0 Å². The molecule has 0 saturated carbocycles. The van der Waals surface area contributed by atoms with Gasteiger partial charge in [0.2, 0.25) is 0 Å². The van der Waals surface area contributed by atoms with Gasteiger partial charge >= 0.3 is 0 Å². The number of amides is 1. The Kier molecular flexibility index (Phi) is 3.15. The van der Waals surface area contributed by atoms with Crippen LogP contribution in [0.4, 0.5) is 11.4 Å². The van der Waals surface area contributed by atoms with E-state index in [1.807, 2.05) is 0 Å². The van der Waals surface area contributed by atoms with Gasteiger partial charge in [0.05, 0.1) is 11.4 Å². The number of phenols is 3. The number of nitrogens with one attached hydrogen (secondary N) is 1. The van der Waals surface area contributed by atoms with E-state index in [4.69, 9.17) is 5.73 Å². The van der Waals surface area contributed by atoms with Gasteiger partial charge < -0.3 is 26.4 Å². The van der Waals surface area contributed by atoms with Crippen LogP contribution < -0.4 is 11.1 Å². The molecule has 6 N–H and O–H groups in total. The van der Waals surface area contributed by atoms with Gasteiger partial charge in [0.1, 0.15) is 22.8 Å². The van der Waals surface area contributed by atoms with Crippen LogP contribution in [0.5, 0.6) is 17.2 Å². The number of hydrogen-bond acceptors (Lipinski definition) is 5. The summed E-state index contributed by atoms with van der Waals surface area (Å²) < 4.78 is 0. The van der Waals surface area contributed by atoms with Gasteiger partial charge in [-0.15, -0.1) is 0 Å². The molecule has 0 unspecified atom stereocenters. The third-order valence-corrected chi connectivity index (χ3v) is 2.53. The summed E-state index contributed by atoms with van der Waals surface area (Å²) in [5, 5.41) is 30.8. The molecule has 0 spiro atoms. The molecular weight excluding hydrogens is 248 g/mol. The molecule has 98 valence electrons. The molecule has 19 heavy (non-hydrogen) atoms. The molecule has 6 nitrogen and oxygen atoms in total. The second-order valence-electron chi connectivity index (χ2n) is 3.90. The lowest BCUT2D eigenvalue weighted by Gasteiger charge is -2.10. The summed E-state index contributed by atoms with van der Waals surface area (Å²) in [6, 6.07) is 8.04. The van der Waals surface area contributed by atoms with Crippen LogP contribution in [0.1, 0.15) is 10.4 Å². The van der Waals surface area contributed by atoms with Crippen molar-refractivity contribution in [3.63, 3.8) is 0 Å². The SMILES string of the molecule is Nc1cc(O)ccc1NC(=O)c1c(O)cccc1O. The first-order valence-electron chi connectivity index (χ1n) is 5.40. The van der Waals surface area contributed by atoms with Crippen molar-refractivity contribution in [1.29, 1.82) is 0 Å². The van der Waals surface area contributed by atoms with Gasteiger partial charge in [-0.1, -0.05) is 6.07 Å². The number of benzene rings is 2. The average Bonchev–Trinajstić information content (AvgIpc) is 2.32. The lowest BCUT2D eigenvalue weighted by Crippen LogP contribution is -2.13. The summed E-state index contributed by atoms with van der Waals surface area (Å²) in [5.74, 6) is -1.40. The molecule has 0 aromatic heterocycles. The maximum Gasteiger partial charge on any atom is 0.263 e. The molecular formula is C13H12N2O4. The van der Waals surface area contributed by atoms with Gasteiger partial charge in [0, 0.05) is 6.07 Å². The Balaban J connectivity index is 2.31. The lowest BCUT2D eigenvalue weighted by atomic mass is 10.1. The van der Waals surface area contributed by atoms with Crippen molar-refractivity contribution in [2.75, 3.05) is 11.1 Å². The summed E-state index contributed by atoms with van der Waals surface area (Å²) >= 11 is 0. The Hall–Kier alpha value is -2.89. The molecule has 0 heterocycles. The molecule has 1 amide bonds. The van der Waals surface area contributed by atoms with Crippen LogP contribution in [0.2, 0.25) is 0 Å². The Labute approximate surface area is 108 Å². The molecule has 2 rings (SSSR count). The first-order valence-corrected chi connectivity index (χ1v) is 5.40. The molecule has 0 bridgehead atoms. The van der Waals surface area contributed by atoms with Gasteiger partial charge in [0.25, 0.3) is 5.91 Å². The summed E-state index contributed by atoms with van der Waals surface area (Å²) in [5.41, 5.74) is 5.82. The molecule has 0 fully saturated rings. The predicted molar refractivity (Wildman–Crippen MR) is 70.2 cm³/mol. The minimum Gasteiger partial charge on any atom is -0.508 e. The van der Waals surface area contributed by atoms with Gasteiger partial charge in [-0.25, -0.2) is 0 Å². The van der Waals surface area contributed by atoms with E-state index in [0.717, 1.165) is 0 Å². The Morgan fingerprint density at radius 3 is 2.26 bits per heavy atom. The van der Waals surface area contributed by atoms with Crippen molar-refractivity contribution in [3.8, 4) is 17.2 Å². The smallest absolute Gasteiger partial charge is 0.263 e. The summed E-state index contributed by atoms with van der Waals surface area (Å²) in [7, 11) is 0. The molecule has 0 saturated heterocycles. The zero-order valence-corrected chi connectivity index (χ0v) is 9.79. The number of aromatic hydroxyl groups is 3. The topological polar surface area (TPSA) is 116 Å². The van der Waals surface area contributed by atoms with Gasteiger partial charge in [-0.3, -0.25) is 4.79 Å². The maximum atomic E-state index is 11.9. The van der Waals surface area contributed by atoms with Crippen LogP contribution in [0, 0.1) is 0 Å². The number of carbonyl (C=O) groups is 1. The van der Waals surface area contributed by atoms with Gasteiger partial charge in [-0.05, 0) is 24.3 Å². The Bertz CT molecular complexity index is 620. The summed E-state index contributed by atoms with van der Waals surface area (Å²) in [6.07, 6.45) is 0. The van der Waals surface area contributed by atoms with E-state index in [2.05, 4.69) is 5.32 Å². The highest BCUT2D eigenvalue weighted by Gasteiger charge is 2.16. The first kappa shape index (κ1) is 12.6. The van der Waals surface area contributed by atoms with Crippen molar-refractivity contribution in [2.45, 2.75) is 0 Å². The normalized spacial score (nSPS) is 10.1. The van der Waals surface area contributed by atoms with Crippen LogP contribution in [0.25, 0.3) is 0 Å². The highest BCUT2D eigenvalue weighted by atomic mass is 16.3. The predicted octanol–water partition coefficient (Wildman–Crippen LogP) is 1.64. The molecule has 0 atom stereocenters. The molecule has 0 radical (unpaired) electrons. The fourth-order valence-electron chi connectivity index (χ4n) is 1.61. The van der Waals surface area contributed by atoms with Crippen molar-refractivity contribution < 1.29 is 20.1 Å².